The SMILES string of the molecule is Cc1n[nH]c(=O)cc1Cc1ccc([N+](=O)[O-])cc1. The summed E-state index contributed by atoms with van der Waals surface area (Å²) in [7, 11) is 0. The Morgan fingerprint density at radius 2 is 2.00 bits per heavy atom. The molecule has 0 radical (unpaired) electrons. The molecule has 0 bridgehead atoms. The van der Waals surface area contributed by atoms with E-state index in [-0.39, 0.29) is 11.2 Å². The van der Waals surface area contributed by atoms with Crippen LogP contribution in [-0.4, -0.2) is 15.1 Å². The smallest absolute Gasteiger partial charge is 0.268 e. The van der Waals surface area contributed by atoms with Gasteiger partial charge < -0.3 is 0 Å². The highest BCUT2D eigenvalue weighted by molar-refractivity contribution is 5.35. The van der Waals surface area contributed by atoms with E-state index in [1.165, 1.54) is 18.2 Å². The first-order chi connectivity index (χ1) is 8.56. The molecular weight excluding hydrogens is 234 g/mol. The van der Waals surface area contributed by atoms with Crippen LogP contribution in [0, 0.1) is 17.0 Å². The lowest BCUT2D eigenvalue weighted by Crippen LogP contribution is -2.10. The number of hydrogen-bond acceptors (Lipinski definition) is 4. The zero-order valence-electron chi connectivity index (χ0n) is 9.71. The van der Waals surface area contributed by atoms with Crippen LogP contribution < -0.4 is 5.56 Å². The third-order valence-corrected chi connectivity index (χ3v) is 2.65. The van der Waals surface area contributed by atoms with E-state index in [4.69, 9.17) is 0 Å². The molecule has 18 heavy (non-hydrogen) atoms. The molecule has 1 aromatic carbocycles. The molecular formula is C12H11N3O3. The summed E-state index contributed by atoms with van der Waals surface area (Å²) in [5, 5.41) is 16.7. The lowest BCUT2D eigenvalue weighted by molar-refractivity contribution is -0.384. The van der Waals surface area contributed by atoms with Gasteiger partial charge in [0.25, 0.3) is 11.2 Å². The van der Waals surface area contributed by atoms with Gasteiger partial charge in [0.2, 0.25) is 0 Å². The van der Waals surface area contributed by atoms with Crippen LogP contribution in [0.5, 0.6) is 0 Å². The molecule has 6 heteroatoms. The van der Waals surface area contributed by atoms with Crippen molar-refractivity contribution in [3.8, 4) is 0 Å². The van der Waals surface area contributed by atoms with E-state index in [0.29, 0.717) is 6.42 Å². The molecule has 0 aliphatic rings. The van der Waals surface area contributed by atoms with Crippen LogP contribution in [-0.2, 0) is 6.42 Å². The van der Waals surface area contributed by atoms with Crippen molar-refractivity contribution in [1.29, 1.82) is 0 Å². The first-order valence-electron chi connectivity index (χ1n) is 5.35. The number of benzene rings is 1. The number of nitrogens with zero attached hydrogens (tertiary/aromatic N) is 2. The lowest BCUT2D eigenvalue weighted by Gasteiger charge is -2.03. The van der Waals surface area contributed by atoms with Gasteiger partial charge >= 0.3 is 0 Å². The number of aromatic nitrogens is 2. The number of non-ortho nitro benzene ring substituents is 1. The van der Waals surface area contributed by atoms with Gasteiger partial charge in [-0.05, 0) is 24.5 Å². The Labute approximate surface area is 102 Å². The first-order valence-corrected chi connectivity index (χ1v) is 5.35. The predicted molar refractivity (Wildman–Crippen MR) is 65.5 cm³/mol. The fourth-order valence-electron chi connectivity index (χ4n) is 1.64. The summed E-state index contributed by atoms with van der Waals surface area (Å²) >= 11 is 0. The van der Waals surface area contributed by atoms with Gasteiger partial charge in [-0.1, -0.05) is 12.1 Å². The van der Waals surface area contributed by atoms with E-state index in [9.17, 15) is 14.9 Å². The molecule has 0 fully saturated rings. The minimum atomic E-state index is -0.441. The summed E-state index contributed by atoms with van der Waals surface area (Å²) in [6.45, 7) is 1.80. The van der Waals surface area contributed by atoms with E-state index in [2.05, 4.69) is 10.2 Å². The average molecular weight is 245 g/mol. The maximum absolute atomic E-state index is 11.2. The van der Waals surface area contributed by atoms with E-state index >= 15 is 0 Å². The Bertz CT molecular complexity index is 632. The van der Waals surface area contributed by atoms with Gasteiger partial charge in [-0.15, -0.1) is 0 Å². The van der Waals surface area contributed by atoms with Crippen molar-refractivity contribution in [3.05, 3.63) is 67.6 Å². The molecule has 6 nitrogen and oxygen atoms in total. The molecule has 0 amide bonds. The lowest BCUT2D eigenvalue weighted by atomic mass is 10.0. The van der Waals surface area contributed by atoms with Crippen molar-refractivity contribution in [3.63, 3.8) is 0 Å². The summed E-state index contributed by atoms with van der Waals surface area (Å²) < 4.78 is 0. The van der Waals surface area contributed by atoms with Gasteiger partial charge in [0.1, 0.15) is 0 Å². The molecule has 92 valence electrons. The van der Waals surface area contributed by atoms with Crippen molar-refractivity contribution in [2.24, 2.45) is 0 Å². The maximum atomic E-state index is 11.2. The second-order valence-corrected chi connectivity index (χ2v) is 3.94. The molecule has 0 saturated carbocycles. The van der Waals surface area contributed by atoms with Crippen molar-refractivity contribution in [2.45, 2.75) is 13.3 Å². The van der Waals surface area contributed by atoms with Gasteiger partial charge in [0, 0.05) is 18.2 Å². The van der Waals surface area contributed by atoms with Crippen LogP contribution in [0.1, 0.15) is 16.8 Å². The van der Waals surface area contributed by atoms with Crippen molar-refractivity contribution >= 4 is 5.69 Å². The summed E-state index contributed by atoms with van der Waals surface area (Å²) in [6.07, 6.45) is 0.529. The molecule has 0 spiro atoms. The molecule has 0 saturated heterocycles. The van der Waals surface area contributed by atoms with Crippen LogP contribution >= 0.6 is 0 Å². The molecule has 2 rings (SSSR count). The van der Waals surface area contributed by atoms with Crippen molar-refractivity contribution in [1.82, 2.24) is 10.2 Å². The number of H-pyrrole nitrogens is 1. The zero-order chi connectivity index (χ0) is 13.1. The first kappa shape index (κ1) is 12.0. The molecule has 0 unspecified atom stereocenters. The van der Waals surface area contributed by atoms with Gasteiger partial charge in [-0.25, -0.2) is 5.10 Å². The van der Waals surface area contributed by atoms with Crippen LogP contribution in [0.25, 0.3) is 0 Å². The van der Waals surface area contributed by atoms with Crippen LogP contribution in [0.2, 0.25) is 0 Å². The van der Waals surface area contributed by atoms with E-state index in [1.807, 2.05) is 0 Å². The number of hydrogen-bond donors (Lipinski definition) is 1. The van der Waals surface area contributed by atoms with E-state index in [1.54, 1.807) is 19.1 Å². The van der Waals surface area contributed by atoms with Gasteiger partial charge in [-0.3, -0.25) is 14.9 Å². The second kappa shape index (κ2) is 4.79. The number of aromatic amines is 1. The Hall–Kier alpha value is -2.50. The minimum absolute atomic E-state index is 0.0551. The van der Waals surface area contributed by atoms with Gasteiger partial charge in [0.15, 0.2) is 0 Å². The minimum Gasteiger partial charge on any atom is -0.268 e. The second-order valence-electron chi connectivity index (χ2n) is 3.94. The predicted octanol–water partition coefficient (Wildman–Crippen LogP) is 1.58. The number of nitro benzene ring substituents is 1. The number of rotatable bonds is 3. The fourth-order valence-corrected chi connectivity index (χ4v) is 1.64. The van der Waals surface area contributed by atoms with Crippen LogP contribution in [0.3, 0.4) is 0 Å². The standard InChI is InChI=1S/C12H11N3O3/c1-8-10(7-12(16)14-13-8)6-9-2-4-11(5-3-9)15(17)18/h2-5,7H,6H2,1H3,(H,14,16). The molecule has 0 atom stereocenters. The largest absolute Gasteiger partial charge is 0.269 e. The molecule has 0 aliphatic heterocycles. The fraction of sp³-hybridized carbons (Fsp3) is 0.167. The Morgan fingerprint density at radius 3 is 2.61 bits per heavy atom. The zero-order valence-corrected chi connectivity index (χ0v) is 9.71. The summed E-state index contributed by atoms with van der Waals surface area (Å²) in [4.78, 5) is 21.2. The van der Waals surface area contributed by atoms with E-state index in [0.717, 1.165) is 16.8 Å². The van der Waals surface area contributed by atoms with Crippen molar-refractivity contribution in [2.75, 3.05) is 0 Å². The molecule has 1 N–H and O–H groups in total. The summed E-state index contributed by atoms with van der Waals surface area (Å²) in [5.74, 6) is 0. The quantitative estimate of drug-likeness (QED) is 0.656. The highest BCUT2D eigenvalue weighted by atomic mass is 16.6. The monoisotopic (exact) mass is 245 g/mol. The molecule has 0 aliphatic carbocycles. The highest BCUT2D eigenvalue weighted by Crippen LogP contribution is 2.15. The number of nitrogens with one attached hydrogen (secondary N) is 1. The Kier molecular flexibility index (Phi) is 3.18. The Balaban J connectivity index is 2.26. The Morgan fingerprint density at radius 1 is 1.33 bits per heavy atom. The van der Waals surface area contributed by atoms with Crippen LogP contribution in [0.15, 0.2) is 35.1 Å². The molecule has 1 heterocycles. The number of aryl methyl sites for hydroxylation is 1. The summed E-state index contributed by atoms with van der Waals surface area (Å²) in [5.41, 5.74) is 2.26. The van der Waals surface area contributed by atoms with Crippen molar-refractivity contribution < 1.29 is 4.92 Å². The van der Waals surface area contributed by atoms with Crippen LogP contribution in [0.4, 0.5) is 5.69 Å². The highest BCUT2D eigenvalue weighted by Gasteiger charge is 2.06. The third kappa shape index (κ3) is 2.60. The topological polar surface area (TPSA) is 88.9 Å². The van der Waals surface area contributed by atoms with E-state index < -0.39 is 4.92 Å². The van der Waals surface area contributed by atoms with Gasteiger partial charge in [0.05, 0.1) is 10.6 Å². The third-order valence-electron chi connectivity index (χ3n) is 2.65. The molecule has 1 aromatic heterocycles. The normalized spacial score (nSPS) is 10.3. The molecule has 2 aromatic rings. The number of nitro groups is 1. The van der Waals surface area contributed by atoms with Gasteiger partial charge in [-0.2, -0.15) is 5.10 Å². The summed E-state index contributed by atoms with van der Waals surface area (Å²) in [6, 6.07) is 7.75. The maximum Gasteiger partial charge on any atom is 0.269 e. The average Bonchev–Trinajstić information content (AvgIpc) is 2.34.